The molecule has 0 heterocycles. The van der Waals surface area contributed by atoms with Crippen molar-refractivity contribution in [3.63, 3.8) is 0 Å². The molecular formula is C21H20N2O3S. The maximum atomic E-state index is 12.7. The highest BCUT2D eigenvalue weighted by Crippen LogP contribution is 2.22. The molecule has 0 aliphatic heterocycles. The molecule has 0 bridgehead atoms. The third-order valence-electron chi connectivity index (χ3n) is 4.09. The molecule has 138 valence electrons. The molecule has 0 spiro atoms. The number of para-hydroxylation sites is 2. The molecule has 27 heavy (non-hydrogen) atoms. The van der Waals surface area contributed by atoms with Crippen molar-refractivity contribution in [1.82, 2.24) is 0 Å². The number of hydrogen-bond acceptors (Lipinski definition) is 3. The fraction of sp³-hybridized carbons (Fsp3) is 0.0952. The smallest absolute Gasteiger partial charge is 0.261 e. The minimum absolute atomic E-state index is 0.151. The van der Waals surface area contributed by atoms with E-state index >= 15 is 0 Å². The monoisotopic (exact) mass is 380 g/mol. The zero-order valence-electron chi connectivity index (χ0n) is 14.8. The first kappa shape index (κ1) is 18.7. The van der Waals surface area contributed by atoms with Gasteiger partial charge in [-0.25, -0.2) is 8.42 Å². The van der Waals surface area contributed by atoms with Crippen molar-refractivity contribution in [1.29, 1.82) is 0 Å². The van der Waals surface area contributed by atoms with E-state index in [0.29, 0.717) is 5.69 Å². The van der Waals surface area contributed by atoms with Gasteiger partial charge in [-0.05, 0) is 48.4 Å². The van der Waals surface area contributed by atoms with E-state index in [-0.39, 0.29) is 22.1 Å². The van der Waals surface area contributed by atoms with Crippen molar-refractivity contribution in [3.05, 3.63) is 90.0 Å². The first-order chi connectivity index (χ1) is 13.0. The predicted molar refractivity (Wildman–Crippen MR) is 107 cm³/mol. The molecule has 2 N–H and O–H groups in total. The van der Waals surface area contributed by atoms with Gasteiger partial charge in [0, 0.05) is 5.69 Å². The van der Waals surface area contributed by atoms with Crippen LogP contribution in [0.4, 0.5) is 11.4 Å². The molecule has 0 unspecified atom stereocenters. The lowest BCUT2D eigenvalue weighted by atomic mass is 10.1. The van der Waals surface area contributed by atoms with Crippen LogP contribution in [0.15, 0.2) is 83.8 Å². The molecule has 0 aromatic heterocycles. The largest absolute Gasteiger partial charge is 0.322 e. The third kappa shape index (κ3) is 4.54. The van der Waals surface area contributed by atoms with Gasteiger partial charge in [-0.3, -0.25) is 9.52 Å². The molecule has 3 rings (SSSR count). The molecule has 0 atom stereocenters. The number of carbonyl (C=O) groups is 1. The Kier molecular flexibility index (Phi) is 5.57. The molecule has 5 nitrogen and oxygen atoms in total. The van der Waals surface area contributed by atoms with Gasteiger partial charge in [0.15, 0.2) is 0 Å². The number of sulfonamides is 1. The molecule has 0 radical (unpaired) electrons. The highest BCUT2D eigenvalue weighted by Gasteiger charge is 2.18. The first-order valence-corrected chi connectivity index (χ1v) is 10.0. The van der Waals surface area contributed by atoms with Crippen LogP contribution in [0, 0.1) is 0 Å². The van der Waals surface area contributed by atoms with Crippen molar-refractivity contribution in [3.8, 4) is 0 Å². The lowest BCUT2D eigenvalue weighted by molar-refractivity contribution is 0.102. The summed E-state index contributed by atoms with van der Waals surface area (Å²) < 4.78 is 27.9. The van der Waals surface area contributed by atoms with Gasteiger partial charge in [0.25, 0.3) is 15.9 Å². The summed E-state index contributed by atoms with van der Waals surface area (Å²) in [6, 6.07) is 22.2. The van der Waals surface area contributed by atoms with Crippen molar-refractivity contribution in [2.45, 2.75) is 18.2 Å². The summed E-state index contributed by atoms with van der Waals surface area (Å²) in [5, 5.41) is 2.77. The molecule has 6 heteroatoms. The summed E-state index contributed by atoms with van der Waals surface area (Å²) in [6.07, 6.45) is 0.830. The highest BCUT2D eigenvalue weighted by atomic mass is 32.2. The summed E-state index contributed by atoms with van der Waals surface area (Å²) in [4.78, 5) is 12.7. The van der Waals surface area contributed by atoms with Crippen LogP contribution in [-0.2, 0) is 16.4 Å². The van der Waals surface area contributed by atoms with E-state index < -0.39 is 10.0 Å². The Balaban J connectivity index is 1.85. The van der Waals surface area contributed by atoms with Crippen LogP contribution in [0.5, 0.6) is 0 Å². The average molecular weight is 380 g/mol. The van der Waals surface area contributed by atoms with Crippen LogP contribution in [0.3, 0.4) is 0 Å². The number of rotatable bonds is 6. The Morgan fingerprint density at radius 1 is 0.852 bits per heavy atom. The zero-order valence-corrected chi connectivity index (χ0v) is 15.7. The Labute approximate surface area is 159 Å². The van der Waals surface area contributed by atoms with Crippen molar-refractivity contribution < 1.29 is 13.2 Å². The Morgan fingerprint density at radius 3 is 2.15 bits per heavy atom. The molecule has 0 fully saturated rings. The van der Waals surface area contributed by atoms with Crippen LogP contribution in [0.2, 0.25) is 0 Å². The maximum Gasteiger partial charge on any atom is 0.261 e. The second-order valence-electron chi connectivity index (χ2n) is 5.97. The standard InChI is InChI=1S/C21H20N2O3S/c1-2-16-12-14-18(15-13-16)27(25,26)23-20-11-7-6-10-19(20)21(24)22-17-8-4-3-5-9-17/h3-15,23H,2H2,1H3,(H,22,24). The Bertz CT molecular complexity index is 1030. The van der Waals surface area contributed by atoms with Crippen LogP contribution >= 0.6 is 0 Å². The molecule has 0 saturated heterocycles. The number of nitrogens with one attached hydrogen (secondary N) is 2. The molecule has 0 saturated carbocycles. The van der Waals surface area contributed by atoms with Gasteiger partial charge in [-0.1, -0.05) is 49.4 Å². The van der Waals surface area contributed by atoms with E-state index in [4.69, 9.17) is 0 Å². The second kappa shape index (κ2) is 8.05. The van der Waals surface area contributed by atoms with Gasteiger partial charge in [-0.2, -0.15) is 0 Å². The summed E-state index contributed by atoms with van der Waals surface area (Å²) in [5.74, 6) is -0.388. The maximum absolute atomic E-state index is 12.7. The lowest BCUT2D eigenvalue weighted by Crippen LogP contribution is -2.18. The third-order valence-corrected chi connectivity index (χ3v) is 5.47. The van der Waals surface area contributed by atoms with E-state index in [9.17, 15) is 13.2 Å². The Morgan fingerprint density at radius 2 is 1.48 bits per heavy atom. The molecule has 3 aromatic carbocycles. The van der Waals surface area contributed by atoms with Gasteiger partial charge < -0.3 is 5.32 Å². The Hall–Kier alpha value is -3.12. The second-order valence-corrected chi connectivity index (χ2v) is 7.65. The minimum atomic E-state index is -3.80. The zero-order chi connectivity index (χ0) is 19.3. The van der Waals surface area contributed by atoms with Gasteiger partial charge in [0.1, 0.15) is 0 Å². The van der Waals surface area contributed by atoms with Gasteiger partial charge >= 0.3 is 0 Å². The number of aryl methyl sites for hydroxylation is 1. The number of carbonyl (C=O) groups excluding carboxylic acids is 1. The number of benzene rings is 3. The van der Waals surface area contributed by atoms with Gasteiger partial charge in [0.05, 0.1) is 16.1 Å². The van der Waals surface area contributed by atoms with Crippen LogP contribution in [0.25, 0.3) is 0 Å². The van der Waals surface area contributed by atoms with E-state index in [1.54, 1.807) is 60.7 Å². The van der Waals surface area contributed by atoms with E-state index in [2.05, 4.69) is 10.0 Å². The summed E-state index contributed by atoms with van der Waals surface area (Å²) in [5.41, 5.74) is 2.16. The van der Waals surface area contributed by atoms with E-state index in [1.165, 1.54) is 0 Å². The summed E-state index contributed by atoms with van der Waals surface area (Å²) in [7, 11) is -3.80. The minimum Gasteiger partial charge on any atom is -0.322 e. The van der Waals surface area contributed by atoms with E-state index in [0.717, 1.165) is 12.0 Å². The average Bonchev–Trinajstić information content (AvgIpc) is 2.69. The molecule has 1 amide bonds. The molecule has 0 aliphatic carbocycles. The highest BCUT2D eigenvalue weighted by molar-refractivity contribution is 7.92. The number of hydrogen-bond donors (Lipinski definition) is 2. The molecule has 3 aromatic rings. The molecular weight excluding hydrogens is 360 g/mol. The number of amides is 1. The van der Waals surface area contributed by atoms with Gasteiger partial charge in [-0.15, -0.1) is 0 Å². The van der Waals surface area contributed by atoms with Crippen molar-refractivity contribution >= 4 is 27.3 Å². The fourth-order valence-electron chi connectivity index (χ4n) is 2.60. The SMILES string of the molecule is CCc1ccc(S(=O)(=O)Nc2ccccc2C(=O)Nc2ccccc2)cc1. The summed E-state index contributed by atoms with van der Waals surface area (Å²) in [6.45, 7) is 2.00. The fourth-order valence-corrected chi connectivity index (χ4v) is 3.68. The van der Waals surface area contributed by atoms with Crippen LogP contribution in [-0.4, -0.2) is 14.3 Å². The summed E-state index contributed by atoms with van der Waals surface area (Å²) >= 11 is 0. The topological polar surface area (TPSA) is 75.3 Å². The molecule has 0 aliphatic rings. The van der Waals surface area contributed by atoms with Crippen molar-refractivity contribution in [2.24, 2.45) is 0 Å². The first-order valence-electron chi connectivity index (χ1n) is 8.57. The normalized spacial score (nSPS) is 11.0. The van der Waals surface area contributed by atoms with Crippen molar-refractivity contribution in [2.75, 3.05) is 10.0 Å². The van der Waals surface area contributed by atoms with E-state index in [1.807, 2.05) is 25.1 Å². The predicted octanol–water partition coefficient (Wildman–Crippen LogP) is 4.30. The van der Waals surface area contributed by atoms with Crippen LogP contribution in [0.1, 0.15) is 22.8 Å². The lowest BCUT2D eigenvalue weighted by Gasteiger charge is -2.13. The van der Waals surface area contributed by atoms with Crippen LogP contribution < -0.4 is 10.0 Å². The quantitative estimate of drug-likeness (QED) is 0.669. The number of anilines is 2. The van der Waals surface area contributed by atoms with Gasteiger partial charge in [0.2, 0.25) is 0 Å².